The van der Waals surface area contributed by atoms with Crippen LogP contribution in [-0.4, -0.2) is 42.0 Å². The number of hydrogen-bond donors (Lipinski definition) is 3. The van der Waals surface area contributed by atoms with Gasteiger partial charge in [-0.3, -0.25) is 15.0 Å². The number of fused-ring (bicyclic) bond motifs is 1. The Balaban J connectivity index is 0.00000162. The Labute approximate surface area is 113 Å². The Hall–Kier alpha value is -0.850. The first-order valence-corrected chi connectivity index (χ1v) is 6.09. The molecule has 104 valence electrons. The van der Waals surface area contributed by atoms with Crippen molar-refractivity contribution in [2.45, 2.75) is 31.8 Å². The van der Waals surface area contributed by atoms with Crippen LogP contribution in [0.25, 0.3) is 0 Å². The molecule has 3 amide bonds. The number of nitrogens with two attached hydrogens (primary N) is 2. The standard InChI is InChI=1S/C11H20N4O2.ClH/c1-6(10(16)14-11(13)17)15-4-7-2-3-9(12)8(7)5-15;/h6-9H,2-5,12H2,1H3,(H3,13,14,16,17);1H. The van der Waals surface area contributed by atoms with E-state index in [2.05, 4.69) is 10.2 Å². The van der Waals surface area contributed by atoms with Gasteiger partial charge < -0.3 is 11.5 Å². The fourth-order valence-electron chi connectivity index (χ4n) is 3.05. The van der Waals surface area contributed by atoms with Gasteiger partial charge in [-0.2, -0.15) is 0 Å². The molecular weight excluding hydrogens is 256 g/mol. The first kappa shape index (κ1) is 15.2. The van der Waals surface area contributed by atoms with Crippen molar-refractivity contribution in [2.75, 3.05) is 13.1 Å². The average Bonchev–Trinajstić information content (AvgIpc) is 2.79. The normalized spacial score (nSPS) is 32.4. The van der Waals surface area contributed by atoms with E-state index >= 15 is 0 Å². The van der Waals surface area contributed by atoms with E-state index in [9.17, 15) is 9.59 Å². The Bertz CT molecular complexity index is 339. The van der Waals surface area contributed by atoms with Crippen LogP contribution in [0.4, 0.5) is 4.79 Å². The minimum Gasteiger partial charge on any atom is -0.351 e. The quantitative estimate of drug-likeness (QED) is 0.642. The summed E-state index contributed by atoms with van der Waals surface area (Å²) >= 11 is 0. The average molecular weight is 277 g/mol. The summed E-state index contributed by atoms with van der Waals surface area (Å²) < 4.78 is 0. The van der Waals surface area contributed by atoms with Gasteiger partial charge in [0.1, 0.15) is 0 Å². The van der Waals surface area contributed by atoms with Gasteiger partial charge in [0.05, 0.1) is 6.04 Å². The van der Waals surface area contributed by atoms with Crippen LogP contribution in [0.15, 0.2) is 0 Å². The number of rotatable bonds is 2. The minimum atomic E-state index is -0.794. The highest BCUT2D eigenvalue weighted by atomic mass is 35.5. The molecule has 2 fully saturated rings. The number of amides is 3. The van der Waals surface area contributed by atoms with Crippen LogP contribution in [-0.2, 0) is 4.79 Å². The van der Waals surface area contributed by atoms with Gasteiger partial charge in [-0.25, -0.2) is 4.79 Å². The zero-order valence-corrected chi connectivity index (χ0v) is 11.3. The summed E-state index contributed by atoms with van der Waals surface area (Å²) in [7, 11) is 0. The molecule has 0 spiro atoms. The molecule has 2 rings (SSSR count). The second kappa shape index (κ2) is 5.86. The van der Waals surface area contributed by atoms with Gasteiger partial charge in [-0.1, -0.05) is 0 Å². The van der Waals surface area contributed by atoms with Crippen LogP contribution < -0.4 is 16.8 Å². The summed E-state index contributed by atoms with van der Waals surface area (Å²) in [6.45, 7) is 3.54. The van der Waals surface area contributed by atoms with Gasteiger partial charge in [-0.05, 0) is 31.6 Å². The molecule has 1 aliphatic heterocycles. The van der Waals surface area contributed by atoms with Crippen LogP contribution in [0.3, 0.4) is 0 Å². The Morgan fingerprint density at radius 1 is 1.33 bits per heavy atom. The lowest BCUT2D eigenvalue weighted by Gasteiger charge is -2.24. The predicted octanol–water partition coefficient (Wildman–Crippen LogP) is -0.339. The van der Waals surface area contributed by atoms with E-state index in [0.717, 1.165) is 25.9 Å². The molecule has 4 atom stereocenters. The van der Waals surface area contributed by atoms with Crippen molar-refractivity contribution < 1.29 is 9.59 Å². The predicted molar refractivity (Wildman–Crippen MR) is 70.2 cm³/mol. The highest BCUT2D eigenvalue weighted by Crippen LogP contribution is 2.37. The Morgan fingerprint density at radius 2 is 2.00 bits per heavy atom. The van der Waals surface area contributed by atoms with Crippen molar-refractivity contribution in [3.05, 3.63) is 0 Å². The van der Waals surface area contributed by atoms with E-state index in [4.69, 9.17) is 11.5 Å². The van der Waals surface area contributed by atoms with E-state index < -0.39 is 6.03 Å². The first-order chi connectivity index (χ1) is 7.99. The molecular formula is C11H21ClN4O2. The summed E-state index contributed by atoms with van der Waals surface area (Å²) in [6.07, 6.45) is 2.23. The molecule has 0 aromatic heterocycles. The largest absolute Gasteiger partial charge is 0.351 e. The summed E-state index contributed by atoms with van der Waals surface area (Å²) in [4.78, 5) is 24.4. The molecule has 6 nitrogen and oxygen atoms in total. The van der Waals surface area contributed by atoms with Crippen LogP contribution in [0.1, 0.15) is 19.8 Å². The van der Waals surface area contributed by atoms with Crippen molar-refractivity contribution in [1.29, 1.82) is 0 Å². The number of imide groups is 1. The summed E-state index contributed by atoms with van der Waals surface area (Å²) in [5, 5.41) is 2.12. The number of primary amides is 1. The fraction of sp³-hybridized carbons (Fsp3) is 0.818. The van der Waals surface area contributed by atoms with Gasteiger partial charge in [0.2, 0.25) is 5.91 Å². The minimum absolute atomic E-state index is 0. The lowest BCUT2D eigenvalue weighted by Crippen LogP contribution is -2.48. The third-order valence-corrected chi connectivity index (χ3v) is 4.11. The van der Waals surface area contributed by atoms with Crippen molar-refractivity contribution in [1.82, 2.24) is 10.2 Å². The zero-order valence-electron chi connectivity index (χ0n) is 10.5. The molecule has 18 heavy (non-hydrogen) atoms. The summed E-state index contributed by atoms with van der Waals surface area (Å²) in [5.74, 6) is 0.777. The number of nitrogens with zero attached hydrogens (tertiary/aromatic N) is 1. The van der Waals surface area contributed by atoms with E-state index in [-0.39, 0.29) is 30.4 Å². The summed E-state index contributed by atoms with van der Waals surface area (Å²) in [6, 6.07) is -0.852. The number of likely N-dealkylation sites (tertiary alicyclic amines) is 1. The van der Waals surface area contributed by atoms with Gasteiger partial charge >= 0.3 is 6.03 Å². The van der Waals surface area contributed by atoms with Crippen LogP contribution in [0.5, 0.6) is 0 Å². The lowest BCUT2D eigenvalue weighted by molar-refractivity contribution is -0.124. The topological polar surface area (TPSA) is 101 Å². The number of halogens is 1. The SMILES string of the molecule is CC(C(=O)NC(N)=O)N1CC2CCC(N)C2C1.Cl. The Kier molecular flexibility index (Phi) is 4.95. The number of carbonyl (C=O) groups excluding carboxylic acids is 2. The molecule has 2 aliphatic rings. The second-order valence-electron chi connectivity index (χ2n) is 5.15. The van der Waals surface area contributed by atoms with E-state index in [1.807, 2.05) is 0 Å². The smallest absolute Gasteiger partial charge is 0.318 e. The van der Waals surface area contributed by atoms with Gasteiger partial charge in [0.15, 0.2) is 0 Å². The molecule has 5 N–H and O–H groups in total. The number of carbonyl (C=O) groups is 2. The fourth-order valence-corrected chi connectivity index (χ4v) is 3.05. The molecule has 1 saturated carbocycles. The van der Waals surface area contributed by atoms with E-state index in [1.54, 1.807) is 6.92 Å². The zero-order chi connectivity index (χ0) is 12.6. The van der Waals surface area contributed by atoms with Gasteiger partial charge in [0, 0.05) is 19.1 Å². The molecule has 0 bridgehead atoms. The third-order valence-electron chi connectivity index (χ3n) is 4.11. The second-order valence-corrected chi connectivity index (χ2v) is 5.15. The third kappa shape index (κ3) is 2.93. The van der Waals surface area contributed by atoms with Gasteiger partial charge in [-0.15, -0.1) is 12.4 Å². The molecule has 1 aliphatic carbocycles. The van der Waals surface area contributed by atoms with Gasteiger partial charge in [0.25, 0.3) is 0 Å². The molecule has 0 radical (unpaired) electrons. The van der Waals surface area contributed by atoms with Crippen molar-refractivity contribution in [3.63, 3.8) is 0 Å². The molecule has 1 heterocycles. The highest BCUT2D eigenvalue weighted by molar-refractivity contribution is 5.96. The highest BCUT2D eigenvalue weighted by Gasteiger charge is 2.43. The molecule has 4 unspecified atom stereocenters. The van der Waals surface area contributed by atoms with Crippen LogP contribution in [0, 0.1) is 11.8 Å². The Morgan fingerprint density at radius 3 is 2.56 bits per heavy atom. The van der Waals surface area contributed by atoms with Crippen molar-refractivity contribution >= 4 is 24.3 Å². The van der Waals surface area contributed by atoms with Crippen molar-refractivity contribution in [2.24, 2.45) is 23.3 Å². The number of hydrogen-bond acceptors (Lipinski definition) is 4. The summed E-state index contributed by atoms with van der Waals surface area (Å²) in [5.41, 5.74) is 11.0. The van der Waals surface area contributed by atoms with E-state index in [1.165, 1.54) is 0 Å². The maximum absolute atomic E-state index is 11.7. The lowest BCUT2D eigenvalue weighted by atomic mass is 9.98. The molecule has 7 heteroatoms. The van der Waals surface area contributed by atoms with Crippen LogP contribution in [0.2, 0.25) is 0 Å². The molecule has 0 aromatic carbocycles. The maximum Gasteiger partial charge on any atom is 0.318 e. The molecule has 0 aromatic rings. The van der Waals surface area contributed by atoms with Crippen LogP contribution >= 0.6 is 12.4 Å². The monoisotopic (exact) mass is 276 g/mol. The molecule has 1 saturated heterocycles. The maximum atomic E-state index is 11.7. The number of nitrogens with one attached hydrogen (secondary N) is 1. The van der Waals surface area contributed by atoms with E-state index in [0.29, 0.717) is 11.8 Å². The first-order valence-electron chi connectivity index (χ1n) is 6.09. The van der Waals surface area contributed by atoms with Crippen molar-refractivity contribution in [3.8, 4) is 0 Å². The number of urea groups is 1.